The SMILES string of the molecule is CN1CC[C@]23CCCC[C@H]2[C@H]1Cc1ccc(O)cc13.O=C(O)[C@H](O)[C@@H](O)C(=O)O. The number of aliphatic hydroxyl groups is 2. The molecule has 5 N–H and O–H groups in total. The summed E-state index contributed by atoms with van der Waals surface area (Å²) in [6.45, 7) is 1.22. The van der Waals surface area contributed by atoms with Gasteiger partial charge in [0, 0.05) is 11.5 Å². The fraction of sp³-hybridized carbons (Fsp3) is 0.619. The van der Waals surface area contributed by atoms with Crippen LogP contribution >= 0.6 is 0 Å². The molecule has 1 aromatic carbocycles. The van der Waals surface area contributed by atoms with E-state index in [0.29, 0.717) is 11.2 Å². The maximum Gasteiger partial charge on any atom is 0.335 e. The summed E-state index contributed by atoms with van der Waals surface area (Å²) in [4.78, 5) is 22.1. The minimum absolute atomic E-state index is 0.377. The van der Waals surface area contributed by atoms with E-state index in [-0.39, 0.29) is 0 Å². The number of hydrogen-bond donors (Lipinski definition) is 5. The monoisotopic (exact) mass is 407 g/mol. The van der Waals surface area contributed by atoms with Crippen LogP contribution in [0.1, 0.15) is 43.2 Å². The van der Waals surface area contributed by atoms with Gasteiger partial charge in [-0.05, 0) is 68.5 Å². The lowest BCUT2D eigenvalue weighted by molar-refractivity contribution is -0.165. The van der Waals surface area contributed by atoms with E-state index < -0.39 is 24.1 Å². The van der Waals surface area contributed by atoms with Crippen LogP contribution in [0.15, 0.2) is 18.2 Å². The van der Waals surface area contributed by atoms with Crippen LogP contribution in [0.4, 0.5) is 0 Å². The molecule has 2 fully saturated rings. The summed E-state index contributed by atoms with van der Waals surface area (Å²) in [6.07, 6.45) is 3.39. The number of fused-ring (bicyclic) bond motifs is 1. The fourth-order valence-electron chi connectivity index (χ4n) is 5.45. The third kappa shape index (κ3) is 3.97. The van der Waals surface area contributed by atoms with Gasteiger partial charge in [-0.3, -0.25) is 0 Å². The van der Waals surface area contributed by atoms with Crippen molar-refractivity contribution in [3.8, 4) is 5.75 Å². The molecule has 4 rings (SSSR count). The molecule has 0 spiro atoms. The first kappa shape index (κ1) is 21.5. The lowest BCUT2D eigenvalue weighted by Crippen LogP contribution is -2.59. The molecule has 0 aromatic heterocycles. The highest BCUT2D eigenvalue weighted by Crippen LogP contribution is 2.55. The molecule has 29 heavy (non-hydrogen) atoms. The average Bonchev–Trinajstić information content (AvgIpc) is 2.70. The third-order valence-corrected chi connectivity index (χ3v) is 6.90. The molecule has 0 unspecified atom stereocenters. The van der Waals surface area contributed by atoms with Crippen molar-refractivity contribution in [2.45, 2.75) is 62.2 Å². The van der Waals surface area contributed by atoms with Gasteiger partial charge in [0.25, 0.3) is 0 Å². The Balaban J connectivity index is 0.000000207. The Hall–Kier alpha value is -2.16. The minimum atomic E-state index is -2.27. The summed E-state index contributed by atoms with van der Waals surface area (Å²) in [5.41, 5.74) is 3.36. The Morgan fingerprint density at radius 3 is 2.38 bits per heavy atom. The van der Waals surface area contributed by atoms with Gasteiger partial charge >= 0.3 is 11.9 Å². The first-order valence-electron chi connectivity index (χ1n) is 10.0. The standard InChI is InChI=1S/C17H23NO.C4H6O6/c1-18-9-8-17-7-3-2-4-14(17)16(18)10-12-5-6-13(19)11-15(12)17;5-1(3(7)8)2(6)4(9)10/h5-6,11,14,16,19H,2-4,7-10H2,1H3;1-2,5-6H,(H,7,8)(H,9,10)/t14-,16+,17+;1-,2-/m01/s1. The number of aromatic hydroxyl groups is 1. The second-order valence-electron chi connectivity index (χ2n) is 8.42. The number of aliphatic carboxylic acids is 2. The molecule has 1 heterocycles. The number of likely N-dealkylation sites (N-methyl/N-ethyl adjacent to an activating group) is 1. The number of phenolic OH excluding ortho intramolecular Hbond substituents is 1. The van der Waals surface area contributed by atoms with Crippen LogP contribution in [0.3, 0.4) is 0 Å². The van der Waals surface area contributed by atoms with Crippen molar-refractivity contribution >= 4 is 11.9 Å². The van der Waals surface area contributed by atoms with Gasteiger partial charge in [0.2, 0.25) is 0 Å². The van der Waals surface area contributed by atoms with Crippen LogP contribution in [-0.2, 0) is 21.4 Å². The predicted molar refractivity (Wildman–Crippen MR) is 104 cm³/mol. The number of carbonyl (C=O) groups is 2. The van der Waals surface area contributed by atoms with Crippen LogP contribution in [0.5, 0.6) is 5.75 Å². The summed E-state index contributed by atoms with van der Waals surface area (Å²) in [7, 11) is 2.30. The largest absolute Gasteiger partial charge is 0.508 e. The molecule has 8 heteroatoms. The van der Waals surface area contributed by atoms with Crippen LogP contribution in [0.2, 0.25) is 0 Å². The number of nitrogens with zero attached hydrogens (tertiary/aromatic N) is 1. The van der Waals surface area contributed by atoms with E-state index in [1.165, 1.54) is 56.2 Å². The van der Waals surface area contributed by atoms with E-state index >= 15 is 0 Å². The third-order valence-electron chi connectivity index (χ3n) is 6.90. The van der Waals surface area contributed by atoms with Crippen LogP contribution in [-0.4, -0.2) is 74.2 Å². The Kier molecular flexibility index (Phi) is 6.16. The van der Waals surface area contributed by atoms with Crippen molar-refractivity contribution in [2.75, 3.05) is 13.6 Å². The van der Waals surface area contributed by atoms with E-state index in [9.17, 15) is 14.7 Å². The van der Waals surface area contributed by atoms with Gasteiger partial charge in [-0.25, -0.2) is 9.59 Å². The lowest BCUT2D eigenvalue weighted by atomic mass is 9.52. The molecule has 1 saturated carbocycles. The van der Waals surface area contributed by atoms with Gasteiger partial charge in [-0.2, -0.15) is 0 Å². The summed E-state index contributed by atoms with van der Waals surface area (Å²) in [5.74, 6) is -2.27. The fourth-order valence-corrected chi connectivity index (χ4v) is 5.45. The van der Waals surface area contributed by atoms with E-state index in [1.807, 2.05) is 6.07 Å². The van der Waals surface area contributed by atoms with Gasteiger partial charge in [0.05, 0.1) is 0 Å². The van der Waals surface area contributed by atoms with Crippen molar-refractivity contribution in [3.05, 3.63) is 29.3 Å². The van der Waals surface area contributed by atoms with Crippen molar-refractivity contribution < 1.29 is 35.1 Å². The molecule has 3 aliphatic rings. The van der Waals surface area contributed by atoms with Crippen LogP contribution in [0.25, 0.3) is 0 Å². The van der Waals surface area contributed by atoms with Gasteiger partial charge in [-0.15, -0.1) is 0 Å². The van der Waals surface area contributed by atoms with E-state index in [4.69, 9.17) is 20.4 Å². The topological polar surface area (TPSA) is 139 Å². The van der Waals surface area contributed by atoms with Crippen molar-refractivity contribution in [3.63, 3.8) is 0 Å². The molecule has 1 aliphatic heterocycles. The lowest BCUT2D eigenvalue weighted by Gasteiger charge is -2.58. The van der Waals surface area contributed by atoms with E-state index in [2.05, 4.69) is 24.1 Å². The Morgan fingerprint density at radius 2 is 1.76 bits per heavy atom. The summed E-state index contributed by atoms with van der Waals surface area (Å²) in [6, 6.07) is 6.85. The molecule has 5 atom stereocenters. The van der Waals surface area contributed by atoms with Gasteiger partial charge in [0.1, 0.15) is 5.75 Å². The molecule has 2 bridgehead atoms. The smallest absolute Gasteiger partial charge is 0.335 e. The summed E-state index contributed by atoms with van der Waals surface area (Å²) < 4.78 is 0. The maximum absolute atomic E-state index is 9.91. The minimum Gasteiger partial charge on any atom is -0.508 e. The van der Waals surface area contributed by atoms with Crippen molar-refractivity contribution in [2.24, 2.45) is 5.92 Å². The molecule has 2 aliphatic carbocycles. The van der Waals surface area contributed by atoms with Crippen LogP contribution < -0.4 is 0 Å². The van der Waals surface area contributed by atoms with Gasteiger partial charge in [-0.1, -0.05) is 18.9 Å². The summed E-state index contributed by atoms with van der Waals surface area (Å²) in [5, 5.41) is 42.4. The first-order chi connectivity index (χ1) is 13.7. The number of carboxylic acids is 2. The molecule has 1 saturated heterocycles. The Bertz CT molecular complexity index is 764. The second-order valence-corrected chi connectivity index (χ2v) is 8.42. The zero-order valence-corrected chi connectivity index (χ0v) is 16.5. The number of likely N-dealkylation sites (tertiary alicyclic amines) is 1. The number of piperidine rings is 1. The van der Waals surface area contributed by atoms with E-state index in [1.54, 1.807) is 0 Å². The molecular formula is C21H29NO7. The zero-order valence-electron chi connectivity index (χ0n) is 16.5. The molecule has 1 aromatic rings. The molecule has 0 radical (unpaired) electrons. The average molecular weight is 407 g/mol. The Morgan fingerprint density at radius 1 is 1.10 bits per heavy atom. The highest BCUT2D eigenvalue weighted by molar-refractivity contribution is 5.83. The normalized spacial score (nSPS) is 30.0. The predicted octanol–water partition coefficient (Wildman–Crippen LogP) is 0.958. The number of carboxylic acid groups (broad SMARTS) is 2. The number of hydrogen-bond acceptors (Lipinski definition) is 6. The quantitative estimate of drug-likeness (QED) is 0.499. The molecule has 0 amide bonds. The number of aliphatic hydroxyl groups excluding tert-OH is 2. The number of rotatable bonds is 3. The number of benzene rings is 1. The van der Waals surface area contributed by atoms with Gasteiger partial charge < -0.3 is 30.4 Å². The highest BCUT2D eigenvalue weighted by Gasteiger charge is 2.53. The molecule has 160 valence electrons. The molecule has 8 nitrogen and oxygen atoms in total. The van der Waals surface area contributed by atoms with Crippen molar-refractivity contribution in [1.29, 1.82) is 0 Å². The second kappa shape index (κ2) is 8.30. The van der Waals surface area contributed by atoms with E-state index in [0.717, 1.165) is 12.0 Å². The van der Waals surface area contributed by atoms with Crippen LogP contribution in [0, 0.1) is 5.92 Å². The highest BCUT2D eigenvalue weighted by atomic mass is 16.4. The zero-order chi connectivity index (χ0) is 21.3. The summed E-state index contributed by atoms with van der Waals surface area (Å²) >= 11 is 0. The first-order valence-corrected chi connectivity index (χ1v) is 10.0. The number of phenols is 1. The van der Waals surface area contributed by atoms with Crippen molar-refractivity contribution in [1.82, 2.24) is 4.90 Å². The Labute approximate surface area is 169 Å². The van der Waals surface area contributed by atoms with Gasteiger partial charge in [0.15, 0.2) is 12.2 Å². The molecular weight excluding hydrogens is 378 g/mol. The maximum atomic E-state index is 9.91.